The van der Waals surface area contributed by atoms with E-state index in [0.29, 0.717) is 5.69 Å². The van der Waals surface area contributed by atoms with E-state index in [0.717, 1.165) is 48.1 Å². The molecule has 3 aromatic heterocycles. The first kappa shape index (κ1) is 15.3. The van der Waals surface area contributed by atoms with Gasteiger partial charge in [-0.25, -0.2) is 4.98 Å². The molecule has 2 N–H and O–H groups in total. The average molecular weight is 314 g/mol. The number of nitrogens with one attached hydrogen (secondary N) is 2. The largest absolute Gasteiger partial charge is 0.357 e. The molecule has 0 aromatic carbocycles. The second kappa shape index (κ2) is 6.69. The topological polar surface area (TPSA) is 64.8 Å². The molecule has 124 valence electrons. The number of nitrogens with zero attached hydrogens (tertiary/aromatic N) is 2. The Morgan fingerprint density at radius 2 is 2.00 bits per heavy atom. The van der Waals surface area contributed by atoms with Gasteiger partial charge in [-0.1, -0.05) is 13.8 Å². The fourth-order valence-corrected chi connectivity index (χ4v) is 2.91. The van der Waals surface area contributed by atoms with Crippen LogP contribution in [0.25, 0.3) is 22.2 Å². The van der Waals surface area contributed by atoms with Crippen LogP contribution in [0.15, 0.2) is 36.8 Å². The summed E-state index contributed by atoms with van der Waals surface area (Å²) in [5.74, 6) is 0.0688. The number of carbonyl (C=O) groups excluding carboxylic acids is 1. The van der Waals surface area contributed by atoms with Gasteiger partial charge in [0.05, 0.1) is 0 Å². The standard InChI is InChI=1S/C18H22N4O.2H2/c1-3-9-22(10-4-2)18(23)16-11-13(12-21-16)14-5-7-19-17-15(14)6-8-20-17;;/h5-8,11-12,21H,3-4,9-10H2,1-2H3,(H,19,20);2*1H. The Hall–Kier alpha value is -2.56. The van der Waals surface area contributed by atoms with Gasteiger partial charge in [-0.05, 0) is 36.6 Å². The number of fused-ring (bicyclic) bond motifs is 1. The summed E-state index contributed by atoms with van der Waals surface area (Å²) < 4.78 is 0. The van der Waals surface area contributed by atoms with Crippen molar-refractivity contribution in [1.82, 2.24) is 19.9 Å². The van der Waals surface area contributed by atoms with Crippen molar-refractivity contribution in [3.63, 3.8) is 0 Å². The first-order chi connectivity index (χ1) is 11.2. The lowest BCUT2D eigenvalue weighted by Crippen LogP contribution is -2.32. The first-order valence-electron chi connectivity index (χ1n) is 8.14. The lowest BCUT2D eigenvalue weighted by molar-refractivity contribution is 0.0750. The number of aromatic nitrogens is 3. The molecule has 0 saturated carbocycles. The van der Waals surface area contributed by atoms with Gasteiger partial charge in [-0.2, -0.15) is 0 Å². The summed E-state index contributed by atoms with van der Waals surface area (Å²) in [6, 6.07) is 5.92. The Morgan fingerprint density at radius 3 is 2.74 bits per heavy atom. The third-order valence-electron chi connectivity index (χ3n) is 3.96. The molecule has 0 radical (unpaired) electrons. The number of aromatic amines is 2. The number of hydrogen-bond donors (Lipinski definition) is 2. The molecule has 0 spiro atoms. The Morgan fingerprint density at radius 1 is 1.22 bits per heavy atom. The highest BCUT2D eigenvalue weighted by molar-refractivity contribution is 5.97. The van der Waals surface area contributed by atoms with Crippen LogP contribution in [0.3, 0.4) is 0 Å². The van der Waals surface area contributed by atoms with Crippen molar-refractivity contribution in [1.29, 1.82) is 0 Å². The maximum Gasteiger partial charge on any atom is 0.270 e. The van der Waals surface area contributed by atoms with E-state index in [1.807, 2.05) is 35.5 Å². The predicted octanol–water partition coefficient (Wildman–Crippen LogP) is 4.31. The van der Waals surface area contributed by atoms with Gasteiger partial charge in [0.2, 0.25) is 0 Å². The van der Waals surface area contributed by atoms with Gasteiger partial charge in [0.15, 0.2) is 0 Å². The molecule has 0 unspecified atom stereocenters. The first-order valence-corrected chi connectivity index (χ1v) is 8.14. The van der Waals surface area contributed by atoms with E-state index in [1.165, 1.54) is 0 Å². The molecule has 3 aromatic rings. The SMILES string of the molecule is CCCN(CCC)C(=O)c1cc(-c2ccnc3[nH]ccc23)c[nH]1.[HH].[HH]. The molecule has 0 bridgehead atoms. The lowest BCUT2D eigenvalue weighted by atomic mass is 10.1. The molecule has 0 aliphatic carbocycles. The Kier molecular flexibility index (Phi) is 4.46. The molecule has 0 saturated heterocycles. The normalized spacial score (nSPS) is 11.0. The highest BCUT2D eigenvalue weighted by atomic mass is 16.2. The molecule has 3 rings (SSSR count). The van der Waals surface area contributed by atoms with Gasteiger partial charge >= 0.3 is 0 Å². The van der Waals surface area contributed by atoms with Crippen LogP contribution in [-0.2, 0) is 0 Å². The number of H-pyrrole nitrogens is 2. The number of carbonyl (C=O) groups is 1. The Labute approximate surface area is 138 Å². The summed E-state index contributed by atoms with van der Waals surface area (Å²) in [6.07, 6.45) is 7.49. The van der Waals surface area contributed by atoms with Crippen LogP contribution in [0.4, 0.5) is 0 Å². The zero-order valence-corrected chi connectivity index (χ0v) is 13.6. The van der Waals surface area contributed by atoms with E-state index in [2.05, 4.69) is 28.8 Å². The van der Waals surface area contributed by atoms with Crippen molar-refractivity contribution < 1.29 is 7.65 Å². The summed E-state index contributed by atoms with van der Waals surface area (Å²) in [6.45, 7) is 5.77. The van der Waals surface area contributed by atoms with Gasteiger partial charge in [0.1, 0.15) is 11.3 Å². The number of amides is 1. The number of rotatable bonds is 6. The molecule has 5 heteroatoms. The predicted molar refractivity (Wildman–Crippen MR) is 96.6 cm³/mol. The van der Waals surface area contributed by atoms with Crippen molar-refractivity contribution in [2.45, 2.75) is 26.7 Å². The summed E-state index contributed by atoms with van der Waals surface area (Å²) in [5.41, 5.74) is 3.58. The maximum absolute atomic E-state index is 12.7. The summed E-state index contributed by atoms with van der Waals surface area (Å²) in [5, 5.41) is 1.06. The second-order valence-electron chi connectivity index (χ2n) is 5.69. The summed E-state index contributed by atoms with van der Waals surface area (Å²) in [4.78, 5) is 25.1. The Balaban J connectivity index is 0.00000156. The molecule has 0 fully saturated rings. The highest BCUT2D eigenvalue weighted by Crippen LogP contribution is 2.27. The van der Waals surface area contributed by atoms with E-state index >= 15 is 0 Å². The molecule has 0 aliphatic rings. The van der Waals surface area contributed by atoms with Gasteiger partial charge in [-0.15, -0.1) is 0 Å². The Bertz CT molecular complexity index is 806. The molecule has 3 heterocycles. The van der Waals surface area contributed by atoms with Crippen LogP contribution in [0.2, 0.25) is 0 Å². The van der Waals surface area contributed by atoms with Crippen LogP contribution in [0.5, 0.6) is 0 Å². The fraction of sp³-hybridized carbons (Fsp3) is 0.333. The maximum atomic E-state index is 12.7. The minimum atomic E-state index is 0. The molecular formula is C18H26N4O. The van der Waals surface area contributed by atoms with Crippen LogP contribution in [-0.4, -0.2) is 38.8 Å². The fourth-order valence-electron chi connectivity index (χ4n) is 2.91. The minimum absolute atomic E-state index is 0. The molecule has 0 atom stereocenters. The van der Waals surface area contributed by atoms with Crippen molar-refractivity contribution in [2.75, 3.05) is 13.1 Å². The zero-order valence-electron chi connectivity index (χ0n) is 13.6. The van der Waals surface area contributed by atoms with E-state index in [-0.39, 0.29) is 8.76 Å². The molecule has 23 heavy (non-hydrogen) atoms. The molecular weight excluding hydrogens is 288 g/mol. The lowest BCUT2D eigenvalue weighted by Gasteiger charge is -2.20. The van der Waals surface area contributed by atoms with Crippen LogP contribution in [0, 0.1) is 0 Å². The quantitative estimate of drug-likeness (QED) is 0.712. The summed E-state index contributed by atoms with van der Waals surface area (Å²) in [7, 11) is 0. The van der Waals surface area contributed by atoms with Gasteiger partial charge in [0.25, 0.3) is 5.91 Å². The summed E-state index contributed by atoms with van der Waals surface area (Å²) >= 11 is 0. The van der Waals surface area contributed by atoms with E-state index < -0.39 is 0 Å². The average Bonchev–Trinajstić information content (AvgIpc) is 3.22. The van der Waals surface area contributed by atoms with E-state index in [4.69, 9.17) is 0 Å². The third kappa shape index (κ3) is 2.99. The highest BCUT2D eigenvalue weighted by Gasteiger charge is 2.17. The molecule has 1 amide bonds. The van der Waals surface area contributed by atoms with Gasteiger partial charge in [-0.3, -0.25) is 4.79 Å². The van der Waals surface area contributed by atoms with Gasteiger partial charge < -0.3 is 14.9 Å². The monoisotopic (exact) mass is 314 g/mol. The minimum Gasteiger partial charge on any atom is -0.357 e. The van der Waals surface area contributed by atoms with Crippen molar-refractivity contribution in [3.05, 3.63) is 42.5 Å². The van der Waals surface area contributed by atoms with Crippen LogP contribution in [0.1, 0.15) is 40.0 Å². The van der Waals surface area contributed by atoms with Crippen LogP contribution >= 0.6 is 0 Å². The molecule has 0 aliphatic heterocycles. The third-order valence-corrected chi connectivity index (χ3v) is 3.96. The van der Waals surface area contributed by atoms with Crippen molar-refractivity contribution in [3.8, 4) is 11.1 Å². The van der Waals surface area contributed by atoms with Crippen molar-refractivity contribution in [2.24, 2.45) is 0 Å². The smallest absolute Gasteiger partial charge is 0.270 e. The van der Waals surface area contributed by atoms with Gasteiger partial charge in [0, 0.05) is 45.5 Å². The van der Waals surface area contributed by atoms with E-state index in [9.17, 15) is 4.79 Å². The van der Waals surface area contributed by atoms with Crippen LogP contribution < -0.4 is 0 Å². The number of pyridine rings is 1. The van der Waals surface area contributed by atoms with Crippen molar-refractivity contribution >= 4 is 16.9 Å². The second-order valence-corrected chi connectivity index (χ2v) is 5.69. The zero-order chi connectivity index (χ0) is 16.2. The molecule has 5 nitrogen and oxygen atoms in total. The number of hydrogen-bond acceptors (Lipinski definition) is 2. The van der Waals surface area contributed by atoms with E-state index in [1.54, 1.807) is 6.20 Å².